The quantitative estimate of drug-likeness (QED) is 0.857. The summed E-state index contributed by atoms with van der Waals surface area (Å²) in [5.41, 5.74) is 0.422. The van der Waals surface area contributed by atoms with Crippen molar-refractivity contribution in [3.63, 3.8) is 0 Å². The summed E-state index contributed by atoms with van der Waals surface area (Å²) in [5, 5.41) is 3.30. The lowest BCUT2D eigenvalue weighted by Crippen LogP contribution is -2.59. The predicted octanol–water partition coefficient (Wildman–Crippen LogP) is 3.57. The number of anilines is 1. The van der Waals surface area contributed by atoms with E-state index in [0.29, 0.717) is 18.2 Å². The van der Waals surface area contributed by atoms with E-state index >= 15 is 0 Å². The van der Waals surface area contributed by atoms with Crippen molar-refractivity contribution in [2.45, 2.75) is 56.9 Å². The van der Waals surface area contributed by atoms with Gasteiger partial charge >= 0.3 is 0 Å². The van der Waals surface area contributed by atoms with Gasteiger partial charge in [-0.25, -0.2) is 4.39 Å². The second-order valence-corrected chi connectivity index (χ2v) is 8.55. The van der Waals surface area contributed by atoms with E-state index < -0.39 is 0 Å². The van der Waals surface area contributed by atoms with Gasteiger partial charge in [0, 0.05) is 19.6 Å². The second-order valence-electron chi connectivity index (χ2n) is 8.55. The molecule has 2 heterocycles. The number of nitrogens with zero attached hydrogens (tertiary/aromatic N) is 2. The lowest BCUT2D eigenvalue weighted by Gasteiger charge is -2.43. The molecule has 2 aliphatic heterocycles. The van der Waals surface area contributed by atoms with Crippen LogP contribution in [-0.2, 0) is 4.79 Å². The molecule has 0 radical (unpaired) electrons. The van der Waals surface area contributed by atoms with Crippen molar-refractivity contribution >= 4 is 11.6 Å². The molecule has 1 amide bonds. The second kappa shape index (κ2) is 8.17. The zero-order valence-electron chi connectivity index (χ0n) is 16.3. The van der Waals surface area contributed by atoms with Gasteiger partial charge in [-0.15, -0.1) is 0 Å². The smallest absolute Gasteiger partial charge is 0.240 e. The molecule has 1 aliphatic carbocycles. The lowest BCUT2D eigenvalue weighted by atomic mass is 9.79. The molecule has 2 saturated heterocycles. The molecule has 0 spiro atoms. The van der Waals surface area contributed by atoms with Crippen LogP contribution in [-0.4, -0.2) is 49.1 Å². The van der Waals surface area contributed by atoms with E-state index in [2.05, 4.69) is 15.1 Å². The summed E-state index contributed by atoms with van der Waals surface area (Å²) in [7, 11) is 0. The minimum atomic E-state index is -0.265. The number of benzene rings is 1. The highest BCUT2D eigenvalue weighted by molar-refractivity contribution is 5.86. The summed E-state index contributed by atoms with van der Waals surface area (Å²) >= 11 is 0. The number of para-hydroxylation sites is 1. The van der Waals surface area contributed by atoms with E-state index in [9.17, 15) is 9.18 Å². The first-order chi connectivity index (χ1) is 13.2. The first kappa shape index (κ1) is 18.7. The maximum atomic E-state index is 14.0. The average Bonchev–Trinajstić information content (AvgIpc) is 3.39. The molecule has 4 rings (SSSR count). The van der Waals surface area contributed by atoms with Gasteiger partial charge in [0.25, 0.3) is 0 Å². The largest absolute Gasteiger partial charge is 0.369 e. The maximum Gasteiger partial charge on any atom is 0.240 e. The van der Waals surface area contributed by atoms with Gasteiger partial charge in [0.15, 0.2) is 0 Å². The fraction of sp³-hybridized carbons (Fsp3) is 0.682. The standard InChI is InChI=1S/C22H32FN3O/c23-19-8-2-3-9-20(19)25-15-10-18(17-25)16-24-21(27)22(11-4-1-5-12-22)26-13-6-7-14-26/h2-3,8-9,18H,1,4-7,10-17H2,(H,24,27). The SMILES string of the molecule is O=C(NCC1CCN(c2ccccc2F)C1)C1(N2CCCC2)CCCCC1. The molecule has 1 atom stereocenters. The molecule has 1 saturated carbocycles. The van der Waals surface area contributed by atoms with Crippen molar-refractivity contribution in [1.29, 1.82) is 0 Å². The number of hydrogen-bond acceptors (Lipinski definition) is 3. The molecular formula is C22H32FN3O. The highest BCUT2D eigenvalue weighted by Crippen LogP contribution is 2.36. The lowest BCUT2D eigenvalue weighted by molar-refractivity contribution is -0.135. The number of likely N-dealkylation sites (tertiary alicyclic amines) is 1. The van der Waals surface area contributed by atoms with Crippen LogP contribution < -0.4 is 10.2 Å². The number of carbonyl (C=O) groups is 1. The van der Waals surface area contributed by atoms with Crippen LogP contribution >= 0.6 is 0 Å². The molecule has 3 fully saturated rings. The molecule has 0 aromatic heterocycles. The van der Waals surface area contributed by atoms with Crippen LogP contribution in [0.15, 0.2) is 24.3 Å². The number of halogens is 1. The number of rotatable bonds is 5. The molecule has 1 N–H and O–H groups in total. The highest BCUT2D eigenvalue weighted by atomic mass is 19.1. The molecule has 148 valence electrons. The minimum absolute atomic E-state index is 0.155. The van der Waals surface area contributed by atoms with Crippen LogP contribution in [0.1, 0.15) is 51.4 Å². The highest BCUT2D eigenvalue weighted by Gasteiger charge is 2.45. The molecule has 1 aromatic carbocycles. The first-order valence-corrected chi connectivity index (χ1v) is 10.7. The predicted molar refractivity (Wildman–Crippen MR) is 106 cm³/mol. The van der Waals surface area contributed by atoms with Crippen LogP contribution in [0.3, 0.4) is 0 Å². The summed E-state index contributed by atoms with van der Waals surface area (Å²) in [4.78, 5) is 17.8. The van der Waals surface area contributed by atoms with E-state index in [1.54, 1.807) is 6.07 Å². The van der Waals surface area contributed by atoms with Gasteiger partial charge in [0.2, 0.25) is 5.91 Å². The molecular weight excluding hydrogens is 341 g/mol. The van der Waals surface area contributed by atoms with Crippen LogP contribution in [0.2, 0.25) is 0 Å². The Hall–Kier alpha value is -1.62. The Morgan fingerprint density at radius 2 is 1.81 bits per heavy atom. The Morgan fingerprint density at radius 1 is 1.07 bits per heavy atom. The summed E-state index contributed by atoms with van der Waals surface area (Å²) < 4.78 is 14.0. The third-order valence-corrected chi connectivity index (χ3v) is 6.85. The summed E-state index contributed by atoms with van der Waals surface area (Å²) in [6.45, 7) is 4.52. The van der Waals surface area contributed by atoms with Crippen molar-refractivity contribution in [3.05, 3.63) is 30.1 Å². The van der Waals surface area contributed by atoms with Crippen LogP contribution in [0.25, 0.3) is 0 Å². The van der Waals surface area contributed by atoms with Gasteiger partial charge in [0.05, 0.1) is 5.69 Å². The average molecular weight is 374 g/mol. The van der Waals surface area contributed by atoms with Gasteiger partial charge in [-0.05, 0) is 63.2 Å². The van der Waals surface area contributed by atoms with Gasteiger partial charge in [-0.2, -0.15) is 0 Å². The van der Waals surface area contributed by atoms with Crippen LogP contribution in [0.4, 0.5) is 10.1 Å². The maximum absolute atomic E-state index is 14.0. The van der Waals surface area contributed by atoms with Crippen molar-refractivity contribution in [2.75, 3.05) is 37.6 Å². The first-order valence-electron chi connectivity index (χ1n) is 10.7. The van der Waals surface area contributed by atoms with Crippen molar-refractivity contribution in [2.24, 2.45) is 5.92 Å². The molecule has 3 aliphatic rings. The monoisotopic (exact) mass is 373 g/mol. The van der Waals surface area contributed by atoms with E-state index in [4.69, 9.17) is 0 Å². The molecule has 1 aromatic rings. The zero-order valence-corrected chi connectivity index (χ0v) is 16.3. The third kappa shape index (κ3) is 3.84. The number of nitrogens with one attached hydrogen (secondary N) is 1. The van der Waals surface area contributed by atoms with Crippen molar-refractivity contribution in [1.82, 2.24) is 10.2 Å². The summed E-state index contributed by atoms with van der Waals surface area (Å²) in [5.74, 6) is 0.485. The zero-order chi connectivity index (χ0) is 18.7. The van der Waals surface area contributed by atoms with Gasteiger partial charge in [0.1, 0.15) is 11.4 Å². The number of hydrogen-bond donors (Lipinski definition) is 1. The normalized spacial score (nSPS) is 25.7. The Kier molecular flexibility index (Phi) is 5.67. The fourth-order valence-electron chi connectivity index (χ4n) is 5.30. The van der Waals surface area contributed by atoms with Gasteiger partial charge < -0.3 is 10.2 Å². The molecule has 5 heteroatoms. The Bertz CT molecular complexity index is 653. The molecule has 0 bridgehead atoms. The fourth-order valence-corrected chi connectivity index (χ4v) is 5.30. The topological polar surface area (TPSA) is 35.6 Å². The molecule has 4 nitrogen and oxygen atoms in total. The van der Waals surface area contributed by atoms with Crippen LogP contribution in [0.5, 0.6) is 0 Å². The third-order valence-electron chi connectivity index (χ3n) is 6.85. The number of carbonyl (C=O) groups excluding carboxylic acids is 1. The van der Waals surface area contributed by atoms with Crippen molar-refractivity contribution in [3.8, 4) is 0 Å². The van der Waals surface area contributed by atoms with Gasteiger partial charge in [-0.3, -0.25) is 9.69 Å². The Labute approximate surface area is 162 Å². The molecule has 27 heavy (non-hydrogen) atoms. The minimum Gasteiger partial charge on any atom is -0.369 e. The van der Waals surface area contributed by atoms with Crippen molar-refractivity contribution < 1.29 is 9.18 Å². The van der Waals surface area contributed by atoms with E-state index in [1.807, 2.05) is 12.1 Å². The summed E-state index contributed by atoms with van der Waals surface area (Å²) in [6.07, 6.45) is 9.03. The van der Waals surface area contributed by atoms with Crippen LogP contribution in [0, 0.1) is 11.7 Å². The number of amides is 1. The van der Waals surface area contributed by atoms with E-state index in [1.165, 1.54) is 25.3 Å². The Balaban J connectivity index is 1.35. The van der Waals surface area contributed by atoms with E-state index in [-0.39, 0.29) is 17.3 Å². The van der Waals surface area contributed by atoms with E-state index in [0.717, 1.165) is 58.3 Å². The summed E-state index contributed by atoms with van der Waals surface area (Å²) in [6, 6.07) is 6.99. The molecule has 1 unspecified atom stereocenters. The van der Waals surface area contributed by atoms with Gasteiger partial charge in [-0.1, -0.05) is 31.4 Å². The Morgan fingerprint density at radius 3 is 2.56 bits per heavy atom.